The number of carbonyl (C=O) groups excluding carboxylic acids is 1. The molecule has 2 unspecified atom stereocenters. The molecule has 0 aliphatic carbocycles. The Morgan fingerprint density at radius 1 is 1.47 bits per heavy atom. The van der Waals surface area contributed by atoms with Gasteiger partial charge in [-0.15, -0.1) is 0 Å². The molecule has 1 aromatic rings. The fraction of sp³-hybridized carbons (Fsp3) is 0.333. The maximum absolute atomic E-state index is 10.7. The molecule has 0 aromatic heterocycles. The van der Waals surface area contributed by atoms with Crippen molar-refractivity contribution in [2.45, 2.75) is 11.9 Å². The van der Waals surface area contributed by atoms with E-state index in [4.69, 9.17) is 9.84 Å². The predicted octanol–water partition coefficient (Wildman–Crippen LogP) is -0.342. The quantitative estimate of drug-likeness (QED) is 0.458. The Morgan fingerprint density at radius 3 is 2.63 bits per heavy atom. The Bertz CT molecular complexity index is 459. The second kappa shape index (κ2) is 6.28. The molecule has 1 rings (SSSR count). The van der Waals surface area contributed by atoms with Crippen molar-refractivity contribution in [3.05, 3.63) is 29.8 Å². The Labute approximate surface area is 109 Å². The monoisotopic (exact) mass is 270 g/mol. The fourth-order valence-corrected chi connectivity index (χ4v) is 1.33. The van der Waals surface area contributed by atoms with Crippen LogP contribution in [-0.2, 0) is 9.53 Å². The molecule has 1 aromatic carbocycles. The zero-order valence-electron chi connectivity index (χ0n) is 10.1. The number of benzene rings is 1. The molecule has 19 heavy (non-hydrogen) atoms. The lowest BCUT2D eigenvalue weighted by Gasteiger charge is -2.28. The van der Waals surface area contributed by atoms with E-state index in [2.05, 4.69) is 4.74 Å². The fourth-order valence-electron chi connectivity index (χ4n) is 1.33. The maximum Gasteiger partial charge on any atom is 0.338 e. The summed E-state index contributed by atoms with van der Waals surface area (Å²) in [6, 6.07) is 6.17. The third-order valence-electron chi connectivity index (χ3n) is 2.50. The first-order chi connectivity index (χ1) is 8.94. The summed E-state index contributed by atoms with van der Waals surface area (Å²) in [4.78, 5) is 21.4. The summed E-state index contributed by atoms with van der Waals surface area (Å²) in [6.07, 6.45) is -1.63. The number of rotatable bonds is 7. The molecule has 104 valence electrons. The number of aliphatic hydroxyl groups excluding tert-OH is 1. The van der Waals surface area contributed by atoms with Crippen LogP contribution in [0.15, 0.2) is 24.3 Å². The number of hydrogen-bond donors (Lipinski definition) is 3. The van der Waals surface area contributed by atoms with Gasteiger partial charge in [-0.3, -0.25) is 4.79 Å². The summed E-state index contributed by atoms with van der Waals surface area (Å²) in [5.41, 5.74) is 0.228. The van der Waals surface area contributed by atoms with Crippen molar-refractivity contribution in [2.24, 2.45) is 0 Å². The summed E-state index contributed by atoms with van der Waals surface area (Å²) in [7, 11) is 1.03. The summed E-state index contributed by atoms with van der Waals surface area (Å²) in [5.74, 6) is -3.93. The molecule has 0 aliphatic heterocycles. The zero-order valence-corrected chi connectivity index (χ0v) is 10.1. The van der Waals surface area contributed by atoms with Crippen LogP contribution in [-0.4, -0.2) is 53.2 Å². The van der Waals surface area contributed by atoms with Crippen molar-refractivity contribution in [3.8, 4) is 5.75 Å². The van der Waals surface area contributed by atoms with Crippen molar-refractivity contribution in [3.63, 3.8) is 0 Å². The van der Waals surface area contributed by atoms with Gasteiger partial charge < -0.3 is 24.8 Å². The van der Waals surface area contributed by atoms with Crippen LogP contribution >= 0.6 is 0 Å². The number of carbonyl (C=O) groups is 2. The van der Waals surface area contributed by atoms with Gasteiger partial charge >= 0.3 is 5.97 Å². The molecule has 0 heterocycles. The summed E-state index contributed by atoms with van der Waals surface area (Å²) in [5, 5.41) is 27.8. The summed E-state index contributed by atoms with van der Waals surface area (Å²) >= 11 is 0. The number of carboxylic acids is 1. The van der Waals surface area contributed by atoms with Gasteiger partial charge in [0.15, 0.2) is 6.29 Å². The van der Waals surface area contributed by atoms with Crippen molar-refractivity contribution in [1.29, 1.82) is 0 Å². The number of aldehydes is 1. The average molecular weight is 270 g/mol. The van der Waals surface area contributed by atoms with Gasteiger partial charge in [0.25, 0.3) is 0 Å². The van der Waals surface area contributed by atoms with E-state index in [1.54, 1.807) is 12.1 Å². The lowest BCUT2D eigenvalue weighted by Crippen LogP contribution is -2.52. The lowest BCUT2D eigenvalue weighted by atomic mass is 10.1. The molecule has 3 N–H and O–H groups in total. The zero-order chi connectivity index (χ0) is 14.5. The van der Waals surface area contributed by atoms with E-state index in [0.717, 1.165) is 7.11 Å². The van der Waals surface area contributed by atoms with Gasteiger partial charge in [0, 0.05) is 7.11 Å². The number of ether oxygens (including phenoxy) is 2. The van der Waals surface area contributed by atoms with Crippen LogP contribution in [0.3, 0.4) is 0 Å². The topological polar surface area (TPSA) is 113 Å². The van der Waals surface area contributed by atoms with Crippen LogP contribution in [0.2, 0.25) is 0 Å². The van der Waals surface area contributed by atoms with Crippen LogP contribution < -0.4 is 4.74 Å². The number of para-hydroxylation sites is 1. The molecular formula is C12H14O7. The van der Waals surface area contributed by atoms with Gasteiger partial charge in [0.2, 0.25) is 11.9 Å². The molecule has 0 radical (unpaired) electrons. The highest BCUT2D eigenvalue weighted by Crippen LogP contribution is 2.19. The minimum atomic E-state index is -2.41. The molecule has 0 bridgehead atoms. The summed E-state index contributed by atoms with van der Waals surface area (Å²) < 4.78 is 9.69. The molecule has 0 aliphatic rings. The smallest absolute Gasteiger partial charge is 0.338 e. The standard InChI is InChI=1S/C12H14O7/c1-18-12(17,10(14)11(15)16)7-19-9-5-3-2-4-8(9)6-13/h2-6,10,14,17H,7H2,1H3,(H,15,16). The molecular weight excluding hydrogens is 256 g/mol. The number of hydrogen-bond acceptors (Lipinski definition) is 6. The third-order valence-corrected chi connectivity index (χ3v) is 2.50. The highest BCUT2D eigenvalue weighted by Gasteiger charge is 2.42. The van der Waals surface area contributed by atoms with Gasteiger partial charge in [-0.1, -0.05) is 12.1 Å². The molecule has 2 atom stereocenters. The molecule has 0 amide bonds. The second-order valence-electron chi connectivity index (χ2n) is 3.73. The number of methoxy groups -OCH3 is 1. The molecule has 0 saturated carbocycles. The Kier molecular flexibility index (Phi) is 4.99. The van der Waals surface area contributed by atoms with Crippen LogP contribution in [0.1, 0.15) is 10.4 Å². The molecule has 0 spiro atoms. The Balaban J connectivity index is 2.83. The van der Waals surface area contributed by atoms with Crippen LogP contribution in [0.4, 0.5) is 0 Å². The average Bonchev–Trinajstić information content (AvgIpc) is 2.44. The van der Waals surface area contributed by atoms with Crippen molar-refractivity contribution in [2.75, 3.05) is 13.7 Å². The van der Waals surface area contributed by atoms with Crippen LogP contribution in [0, 0.1) is 0 Å². The van der Waals surface area contributed by atoms with Crippen molar-refractivity contribution >= 4 is 12.3 Å². The van der Waals surface area contributed by atoms with Gasteiger partial charge in [-0.2, -0.15) is 0 Å². The lowest BCUT2D eigenvalue weighted by molar-refractivity contribution is -0.256. The van der Waals surface area contributed by atoms with Gasteiger partial charge in [0.1, 0.15) is 12.4 Å². The highest BCUT2D eigenvalue weighted by atomic mass is 16.7. The minimum absolute atomic E-state index is 0.144. The highest BCUT2D eigenvalue weighted by molar-refractivity contribution is 5.79. The predicted molar refractivity (Wildman–Crippen MR) is 62.9 cm³/mol. The number of aliphatic hydroxyl groups is 2. The first-order valence-corrected chi connectivity index (χ1v) is 5.30. The number of carboxylic acid groups (broad SMARTS) is 1. The Hall–Kier alpha value is -1.96. The number of aliphatic carboxylic acids is 1. The molecule has 0 fully saturated rings. The van der Waals surface area contributed by atoms with E-state index < -0.39 is 24.5 Å². The largest absolute Gasteiger partial charge is 0.487 e. The van der Waals surface area contributed by atoms with Crippen LogP contribution in [0.5, 0.6) is 5.75 Å². The summed E-state index contributed by atoms with van der Waals surface area (Å²) in [6.45, 7) is -0.651. The first-order valence-electron chi connectivity index (χ1n) is 5.30. The molecule has 7 heteroatoms. The third kappa shape index (κ3) is 3.50. The van der Waals surface area contributed by atoms with E-state index in [0.29, 0.717) is 6.29 Å². The van der Waals surface area contributed by atoms with Gasteiger partial charge in [-0.05, 0) is 12.1 Å². The van der Waals surface area contributed by atoms with Crippen molar-refractivity contribution < 1.29 is 34.4 Å². The Morgan fingerprint density at radius 2 is 2.11 bits per heavy atom. The van der Waals surface area contributed by atoms with E-state index >= 15 is 0 Å². The van der Waals surface area contributed by atoms with E-state index in [9.17, 15) is 19.8 Å². The molecule has 0 saturated heterocycles. The van der Waals surface area contributed by atoms with Gasteiger partial charge in [-0.25, -0.2) is 4.79 Å². The van der Waals surface area contributed by atoms with E-state index in [1.807, 2.05) is 0 Å². The van der Waals surface area contributed by atoms with E-state index in [1.165, 1.54) is 12.1 Å². The molecule has 7 nitrogen and oxygen atoms in total. The second-order valence-corrected chi connectivity index (χ2v) is 3.73. The first kappa shape index (κ1) is 15.1. The van der Waals surface area contributed by atoms with Crippen LogP contribution in [0.25, 0.3) is 0 Å². The van der Waals surface area contributed by atoms with Gasteiger partial charge in [0.05, 0.1) is 5.56 Å². The minimum Gasteiger partial charge on any atom is -0.487 e. The SMILES string of the molecule is COC(O)(COc1ccccc1C=O)C(O)C(=O)O. The maximum atomic E-state index is 10.7. The normalized spacial score (nSPS) is 15.3. The van der Waals surface area contributed by atoms with E-state index in [-0.39, 0.29) is 11.3 Å². The van der Waals surface area contributed by atoms with Crippen molar-refractivity contribution in [1.82, 2.24) is 0 Å².